The molecule has 40 heteroatoms. The largest absolute Gasteiger partial charge is 0.473 e. The number of ether oxygens (including phenoxy) is 11. The number of hydrogen-bond acceptors (Lipinski definition) is 28. The fourth-order valence-electron chi connectivity index (χ4n) is 17.7. The van der Waals surface area contributed by atoms with Gasteiger partial charge in [0.05, 0.1) is 136 Å². The monoisotopic (exact) mass is 2030 g/mol. The molecule has 139 heavy (non-hydrogen) atoms. The Morgan fingerprint density at radius 2 is 0.719 bits per heavy atom. The second-order valence-corrected chi connectivity index (χ2v) is 41.2. The zero-order chi connectivity index (χ0) is 100. The SMILES string of the molecule is CC(C)(C)OC(=O)N1CC2COCC(C1)C2O.Cc1c(Cl)ncnc1Cl.Cc1c(Cl)ncnc1OC1C2COCC1CN(C(=O)OC(C)(C)C)C2.OC1C2COCC1CN(Cc1ccccc1)C2.[C-]#[N+]c1ccc(N)c(Cl)c1.[C-]#[N+]c1ccc(Nc2ncnc(OC3C4CCCC3COC4)c2C)c(Cl)c1.[C-]#[N+]c1ccc(Nc2ncnc(OC3C4COCC3CN(C(=O)OC(C)(C)C)C4)c2C)c(Cl)c1. The Balaban J connectivity index is 0.000000151. The maximum atomic E-state index is 12.6. The first-order valence-electron chi connectivity index (χ1n) is 46.2. The number of piperidine rings is 4. The summed E-state index contributed by atoms with van der Waals surface area (Å²) in [6.45, 7) is 57.1. The summed E-state index contributed by atoms with van der Waals surface area (Å²) in [7, 11) is 0. The van der Waals surface area contributed by atoms with Gasteiger partial charge in [0.15, 0.2) is 17.1 Å². The lowest BCUT2D eigenvalue weighted by atomic mass is 9.77. The molecule has 1 saturated carbocycles. The predicted molar refractivity (Wildman–Crippen MR) is 529 cm³/mol. The van der Waals surface area contributed by atoms with Crippen LogP contribution in [0.25, 0.3) is 14.5 Å². The van der Waals surface area contributed by atoms with Gasteiger partial charge in [-0.05, 0) is 145 Å². The molecule has 10 bridgehead atoms. The van der Waals surface area contributed by atoms with E-state index in [0.717, 1.165) is 67.9 Å². The number of nitrogens with two attached hydrogens (primary N) is 1. The first-order chi connectivity index (χ1) is 66.2. The summed E-state index contributed by atoms with van der Waals surface area (Å²) in [6.07, 6.45) is 7.73. The summed E-state index contributed by atoms with van der Waals surface area (Å²) in [5.74, 6) is 4.41. The van der Waals surface area contributed by atoms with Crippen molar-refractivity contribution in [1.29, 1.82) is 0 Å². The number of nitrogens with one attached hydrogen (secondary N) is 2. The minimum Gasteiger partial charge on any atom is -0.473 e. The van der Waals surface area contributed by atoms with E-state index in [9.17, 15) is 24.6 Å². The number of hydrogen-bond donors (Lipinski definition) is 5. The molecule has 10 unspecified atom stereocenters. The van der Waals surface area contributed by atoms with Crippen LogP contribution in [0.1, 0.15) is 109 Å². The lowest BCUT2D eigenvalue weighted by Crippen LogP contribution is -2.59. The highest BCUT2D eigenvalue weighted by Gasteiger charge is 2.48. The van der Waals surface area contributed by atoms with Crippen molar-refractivity contribution in [3.8, 4) is 17.6 Å². The molecule has 4 aromatic carbocycles. The Bertz CT molecular complexity index is 5540. The highest BCUT2D eigenvalue weighted by atomic mass is 35.5. The van der Waals surface area contributed by atoms with E-state index in [1.807, 2.05) is 89.2 Å². The maximum absolute atomic E-state index is 12.6. The normalized spacial score (nSPS) is 24.2. The molecule has 746 valence electrons. The number of halogens is 6. The molecule has 18 rings (SSSR count). The number of benzene rings is 4. The molecular formula is C99H122Cl6N18O16. The van der Waals surface area contributed by atoms with E-state index in [1.165, 1.54) is 37.3 Å². The third-order valence-corrected chi connectivity index (χ3v) is 26.7. The number of nitrogens with zero attached hydrogens (tertiary/aromatic N) is 15. The highest BCUT2D eigenvalue weighted by Crippen LogP contribution is 2.42. The number of anilines is 5. The molecule has 4 aromatic heterocycles. The fourth-order valence-corrected chi connectivity index (χ4v) is 18.7. The first-order valence-corrected chi connectivity index (χ1v) is 48.4. The molecule has 3 amide bonds. The molecule has 9 aliphatic heterocycles. The van der Waals surface area contributed by atoms with Crippen molar-refractivity contribution in [2.24, 2.45) is 59.2 Å². The Morgan fingerprint density at radius 1 is 0.410 bits per heavy atom. The zero-order valence-corrected chi connectivity index (χ0v) is 84.8. The smallest absolute Gasteiger partial charge is 0.410 e. The van der Waals surface area contributed by atoms with Gasteiger partial charge in [0.25, 0.3) is 0 Å². The van der Waals surface area contributed by atoms with Gasteiger partial charge in [-0.15, -0.1) is 0 Å². The van der Waals surface area contributed by atoms with Crippen LogP contribution in [0.3, 0.4) is 0 Å². The number of carbonyl (C=O) groups is 3. The molecule has 1 aliphatic carbocycles. The molecule has 10 fully saturated rings. The predicted octanol–water partition coefficient (Wildman–Crippen LogP) is 19.2. The summed E-state index contributed by atoms with van der Waals surface area (Å²) in [5.41, 5.74) is 11.6. The number of aliphatic hydroxyl groups excluding tert-OH is 2. The van der Waals surface area contributed by atoms with Crippen molar-refractivity contribution in [3.05, 3.63) is 203 Å². The molecule has 0 spiro atoms. The number of aliphatic hydroxyl groups is 2. The molecule has 13 heterocycles. The average molecular weight is 2030 g/mol. The van der Waals surface area contributed by atoms with Gasteiger partial charge in [0.2, 0.25) is 17.6 Å². The molecule has 8 aromatic rings. The van der Waals surface area contributed by atoms with Crippen LogP contribution in [0.2, 0.25) is 30.5 Å². The van der Waals surface area contributed by atoms with E-state index in [4.69, 9.17) is 147 Å². The van der Waals surface area contributed by atoms with Gasteiger partial charge in [0.1, 0.15) is 87.5 Å². The summed E-state index contributed by atoms with van der Waals surface area (Å²) in [5, 5.41) is 29.0. The summed E-state index contributed by atoms with van der Waals surface area (Å²) >= 11 is 35.4. The molecule has 0 radical (unpaired) electrons. The van der Waals surface area contributed by atoms with Gasteiger partial charge in [-0.25, -0.2) is 68.8 Å². The first kappa shape index (κ1) is 108. The van der Waals surface area contributed by atoms with Crippen molar-refractivity contribution < 1.29 is 76.7 Å². The lowest BCUT2D eigenvalue weighted by Gasteiger charge is -2.46. The van der Waals surface area contributed by atoms with Crippen LogP contribution >= 0.6 is 69.6 Å². The molecular weight excluding hydrogens is 1910 g/mol. The third kappa shape index (κ3) is 30.4. The van der Waals surface area contributed by atoms with Crippen LogP contribution in [0, 0.1) is 107 Å². The standard InChI is InChI=1S/C24H28ClN5O4.C20H21ClN4O2.C17H24ClN3O4.C14H19NO2.C12H21NO4.C7H5ClN2.C5H4Cl2N2/c1-14-21(29-19-7-6-17(26-5)8-18(19)25)27-13-28-22(14)33-20-15-9-30(10-16(20)12-32-11-15)23(31)34-24(2,3)4;1-12-19(25-17-7-6-15(22-2)8-16(17)21)23-11-24-20(12)27-18-13-4-3-5-14(18)10-26-9-13;1-10-14(18)19-9-20-15(10)24-13-11-5-21(6-12(13)8-23-7-11)16(22)25-17(2,3)4;16-14-12-7-15(8-13(14)10-17-9-12)6-11-4-2-1-3-5-11;1-12(2,3)17-11(15)13-4-8-6-16-7-9(5-13)10(8)14;1-10-5-2-3-7(9)6(8)4-5;1-3-4(6)8-2-9-5(3)7/h6-8,13,15-16,20H,9-12H2,1-4H3,(H,27,28,29);6-8,11,13-14,18H,3-5,9-10H2,1H3,(H,23,24,25);9,11-13H,5-8H2,1-4H3;1-5,12-14,16H,6-10H2;8-10,14H,4-7H2,1-3H3;2-4H,9H2;2H,1H3. The minimum atomic E-state index is -0.545. The van der Waals surface area contributed by atoms with E-state index in [2.05, 4.69) is 94.2 Å². The van der Waals surface area contributed by atoms with Gasteiger partial charge in [-0.1, -0.05) is 125 Å². The lowest BCUT2D eigenvalue weighted by molar-refractivity contribution is -0.125. The van der Waals surface area contributed by atoms with Crippen LogP contribution in [0.4, 0.5) is 60.1 Å². The topological polar surface area (TPSA) is 372 Å². The Kier molecular flexibility index (Phi) is 38.2. The van der Waals surface area contributed by atoms with Crippen LogP contribution in [0.15, 0.2) is 110 Å². The molecule has 34 nitrogen and oxygen atoms in total. The van der Waals surface area contributed by atoms with Crippen molar-refractivity contribution >= 4 is 134 Å². The fraction of sp³-hybridized carbons (Fsp3) is 0.535. The van der Waals surface area contributed by atoms with Crippen molar-refractivity contribution in [2.75, 3.05) is 135 Å². The number of carbonyl (C=O) groups excluding carboxylic acids is 3. The van der Waals surface area contributed by atoms with Gasteiger partial charge < -0.3 is 93.4 Å². The second-order valence-electron chi connectivity index (χ2n) is 38.9. The Hall–Kier alpha value is -10.3. The van der Waals surface area contributed by atoms with Gasteiger partial charge in [0, 0.05) is 135 Å². The number of fused-ring (bicyclic) bond motifs is 10. The Labute approximate surface area is 842 Å². The number of aromatic nitrogens is 8. The van der Waals surface area contributed by atoms with Crippen LogP contribution < -0.4 is 30.6 Å². The van der Waals surface area contributed by atoms with Crippen LogP contribution in [0.5, 0.6) is 17.6 Å². The van der Waals surface area contributed by atoms with Gasteiger partial charge in [-0.2, -0.15) is 0 Å². The Morgan fingerprint density at radius 3 is 1.07 bits per heavy atom. The van der Waals surface area contributed by atoms with Crippen molar-refractivity contribution in [1.82, 2.24) is 59.5 Å². The second kappa shape index (κ2) is 49.4. The van der Waals surface area contributed by atoms with E-state index in [-0.39, 0.29) is 84.3 Å². The highest BCUT2D eigenvalue weighted by molar-refractivity contribution is 6.35. The third-order valence-electron chi connectivity index (χ3n) is 24.6. The van der Waals surface area contributed by atoms with E-state index < -0.39 is 16.8 Å². The van der Waals surface area contributed by atoms with E-state index in [1.54, 1.807) is 76.2 Å². The quantitative estimate of drug-likeness (QED) is 0.0328. The summed E-state index contributed by atoms with van der Waals surface area (Å²) < 4.78 is 63.4. The molecule has 9 saturated heterocycles. The van der Waals surface area contributed by atoms with E-state index in [0.29, 0.717) is 210 Å². The van der Waals surface area contributed by atoms with Crippen LogP contribution in [-0.2, 0) is 44.4 Å². The van der Waals surface area contributed by atoms with Gasteiger partial charge in [-0.3, -0.25) is 4.90 Å². The van der Waals surface area contributed by atoms with Gasteiger partial charge >= 0.3 is 18.3 Å². The molecule has 6 N–H and O–H groups in total. The molecule has 10 atom stereocenters. The zero-order valence-electron chi connectivity index (χ0n) is 80.3. The van der Waals surface area contributed by atoms with Crippen molar-refractivity contribution in [2.45, 2.75) is 163 Å². The minimum absolute atomic E-state index is 0.00130. The van der Waals surface area contributed by atoms with Crippen molar-refractivity contribution in [3.63, 3.8) is 0 Å². The number of likely N-dealkylation sites (tertiary alicyclic amines) is 4. The number of rotatable bonds is 12. The number of nitrogen functional groups attached to an aromatic ring is 1. The van der Waals surface area contributed by atoms with E-state index >= 15 is 0 Å². The number of amides is 3. The summed E-state index contributed by atoms with van der Waals surface area (Å²) in [6, 6.07) is 25.5. The maximum Gasteiger partial charge on any atom is 0.410 e. The summed E-state index contributed by atoms with van der Waals surface area (Å²) in [4.78, 5) is 87.5. The average Bonchev–Trinajstić information content (AvgIpc) is 0.811. The van der Waals surface area contributed by atoms with Crippen LogP contribution in [-0.4, -0.2) is 254 Å². The molecule has 10 aliphatic rings.